The van der Waals surface area contributed by atoms with Gasteiger partial charge < -0.3 is 10.4 Å². The number of nitrogens with one attached hydrogen (secondary N) is 1. The lowest BCUT2D eigenvalue weighted by atomic mass is 9.97. The maximum atomic E-state index is 13.3. The first-order valence-electron chi connectivity index (χ1n) is 10.0. The van der Waals surface area contributed by atoms with Gasteiger partial charge in [0, 0.05) is 12.1 Å². The molecule has 0 aromatic heterocycles. The normalized spacial score (nSPS) is 13.0. The number of amides is 1. The highest BCUT2D eigenvalue weighted by atomic mass is 16.3. The Bertz CT molecular complexity index is 1180. The summed E-state index contributed by atoms with van der Waals surface area (Å²) >= 11 is 0. The lowest BCUT2D eigenvalue weighted by molar-refractivity contribution is -0.117. The van der Waals surface area contributed by atoms with E-state index in [1.54, 1.807) is 18.2 Å². The SMILES string of the molecule is Cc1ccccc1CNC(=O)C1=Cc2cccc(C)c2CN=C1c1ccccc1O. The van der Waals surface area contributed by atoms with E-state index < -0.39 is 0 Å². The number of para-hydroxylation sites is 1. The molecule has 0 aliphatic carbocycles. The number of aromatic hydroxyl groups is 1. The third-order valence-electron chi connectivity index (χ3n) is 5.50. The highest BCUT2D eigenvalue weighted by Gasteiger charge is 2.23. The van der Waals surface area contributed by atoms with Crippen molar-refractivity contribution in [3.63, 3.8) is 0 Å². The molecular formula is C26H24N2O2. The van der Waals surface area contributed by atoms with E-state index in [9.17, 15) is 9.90 Å². The van der Waals surface area contributed by atoms with Crippen LogP contribution in [0.25, 0.3) is 6.08 Å². The van der Waals surface area contributed by atoms with Gasteiger partial charge in [-0.15, -0.1) is 0 Å². The van der Waals surface area contributed by atoms with Crippen LogP contribution in [0.3, 0.4) is 0 Å². The number of phenols is 1. The van der Waals surface area contributed by atoms with E-state index in [-0.39, 0.29) is 11.7 Å². The van der Waals surface area contributed by atoms with Crippen molar-refractivity contribution in [2.75, 3.05) is 0 Å². The average Bonchev–Trinajstić information content (AvgIpc) is 2.94. The molecule has 1 amide bonds. The largest absolute Gasteiger partial charge is 0.507 e. The minimum Gasteiger partial charge on any atom is -0.507 e. The summed E-state index contributed by atoms with van der Waals surface area (Å²) in [4.78, 5) is 18.0. The van der Waals surface area contributed by atoms with Gasteiger partial charge in [0.15, 0.2) is 0 Å². The topological polar surface area (TPSA) is 61.7 Å². The Hall–Kier alpha value is -3.66. The molecule has 0 fully saturated rings. The predicted octanol–water partition coefficient (Wildman–Crippen LogP) is 4.71. The van der Waals surface area contributed by atoms with Crippen molar-refractivity contribution >= 4 is 17.7 Å². The van der Waals surface area contributed by atoms with E-state index in [1.165, 1.54) is 0 Å². The first-order chi connectivity index (χ1) is 14.5. The Morgan fingerprint density at radius 3 is 2.50 bits per heavy atom. The zero-order valence-electron chi connectivity index (χ0n) is 17.1. The summed E-state index contributed by atoms with van der Waals surface area (Å²) in [6.45, 7) is 4.96. The number of aliphatic imine (C=N–C) groups is 1. The zero-order valence-corrected chi connectivity index (χ0v) is 17.1. The lowest BCUT2D eigenvalue weighted by Crippen LogP contribution is -2.28. The van der Waals surface area contributed by atoms with Crippen molar-refractivity contribution < 1.29 is 9.90 Å². The Morgan fingerprint density at radius 1 is 0.967 bits per heavy atom. The number of fused-ring (bicyclic) bond motifs is 1. The van der Waals surface area contributed by atoms with Crippen LogP contribution in [0, 0.1) is 13.8 Å². The van der Waals surface area contributed by atoms with Crippen LogP contribution in [0.1, 0.15) is 33.4 Å². The summed E-state index contributed by atoms with van der Waals surface area (Å²) in [5.74, 6) is -0.105. The second-order valence-electron chi connectivity index (χ2n) is 7.49. The Kier molecular flexibility index (Phi) is 5.48. The standard InChI is InChI=1S/C26H24N2O2/c1-17-8-3-4-10-20(17)15-28-26(30)22-14-19-11-7-9-18(2)23(19)16-27-25(22)21-12-5-6-13-24(21)29/h3-14,29H,15-16H2,1-2H3,(H,28,30). The van der Waals surface area contributed by atoms with Gasteiger partial charge in [0.1, 0.15) is 5.75 Å². The molecule has 4 heteroatoms. The smallest absolute Gasteiger partial charge is 0.253 e. The summed E-state index contributed by atoms with van der Waals surface area (Å²) in [6, 6.07) is 21.0. The summed E-state index contributed by atoms with van der Waals surface area (Å²) < 4.78 is 0. The van der Waals surface area contributed by atoms with Gasteiger partial charge in [-0.2, -0.15) is 0 Å². The van der Waals surface area contributed by atoms with Gasteiger partial charge in [0.05, 0.1) is 17.8 Å². The number of carbonyl (C=O) groups is 1. The highest BCUT2D eigenvalue weighted by Crippen LogP contribution is 2.28. The van der Waals surface area contributed by atoms with Gasteiger partial charge in [0.25, 0.3) is 5.91 Å². The van der Waals surface area contributed by atoms with Crippen LogP contribution < -0.4 is 5.32 Å². The van der Waals surface area contributed by atoms with Crippen molar-refractivity contribution in [2.45, 2.75) is 26.9 Å². The molecule has 4 nitrogen and oxygen atoms in total. The van der Waals surface area contributed by atoms with Gasteiger partial charge in [-0.1, -0.05) is 54.6 Å². The minimum atomic E-state index is -0.213. The minimum absolute atomic E-state index is 0.108. The van der Waals surface area contributed by atoms with Crippen molar-refractivity contribution in [3.05, 3.63) is 106 Å². The molecule has 1 heterocycles. The molecule has 3 aromatic rings. The second-order valence-corrected chi connectivity index (χ2v) is 7.49. The number of aryl methyl sites for hydroxylation is 2. The molecule has 0 spiro atoms. The molecule has 150 valence electrons. The first kappa shape index (κ1) is 19.6. The van der Waals surface area contributed by atoms with Crippen LogP contribution >= 0.6 is 0 Å². The quantitative estimate of drug-likeness (QED) is 0.671. The second kappa shape index (κ2) is 8.37. The van der Waals surface area contributed by atoms with Crippen molar-refractivity contribution in [3.8, 4) is 5.75 Å². The third kappa shape index (κ3) is 3.90. The molecule has 1 aliphatic heterocycles. The molecule has 0 saturated carbocycles. The monoisotopic (exact) mass is 396 g/mol. The van der Waals surface area contributed by atoms with Gasteiger partial charge in [-0.3, -0.25) is 9.79 Å². The van der Waals surface area contributed by atoms with Gasteiger partial charge >= 0.3 is 0 Å². The van der Waals surface area contributed by atoms with E-state index in [0.717, 1.165) is 27.8 Å². The Balaban J connectivity index is 1.74. The molecule has 0 unspecified atom stereocenters. The molecule has 0 saturated heterocycles. The molecule has 2 N–H and O–H groups in total. The van der Waals surface area contributed by atoms with Gasteiger partial charge in [-0.05, 0) is 59.9 Å². The van der Waals surface area contributed by atoms with Crippen molar-refractivity contribution in [1.29, 1.82) is 0 Å². The number of hydrogen-bond donors (Lipinski definition) is 2. The van der Waals surface area contributed by atoms with E-state index in [0.29, 0.717) is 29.9 Å². The van der Waals surface area contributed by atoms with E-state index in [2.05, 4.69) is 5.32 Å². The lowest BCUT2D eigenvalue weighted by Gasteiger charge is -2.13. The molecule has 1 aliphatic rings. The fraction of sp³-hybridized carbons (Fsp3) is 0.154. The summed E-state index contributed by atoms with van der Waals surface area (Å²) in [6.07, 6.45) is 1.88. The van der Waals surface area contributed by atoms with E-state index in [1.807, 2.05) is 68.5 Å². The van der Waals surface area contributed by atoms with Crippen LogP contribution in [0.4, 0.5) is 0 Å². The van der Waals surface area contributed by atoms with Crippen LogP contribution in [0.15, 0.2) is 77.3 Å². The fourth-order valence-corrected chi connectivity index (χ4v) is 3.70. The third-order valence-corrected chi connectivity index (χ3v) is 5.50. The Morgan fingerprint density at radius 2 is 1.70 bits per heavy atom. The molecule has 0 bridgehead atoms. The maximum absolute atomic E-state index is 13.3. The summed E-state index contributed by atoms with van der Waals surface area (Å²) in [5, 5.41) is 13.5. The van der Waals surface area contributed by atoms with Crippen LogP contribution in [0.2, 0.25) is 0 Å². The van der Waals surface area contributed by atoms with E-state index >= 15 is 0 Å². The molecule has 0 radical (unpaired) electrons. The van der Waals surface area contributed by atoms with E-state index in [4.69, 9.17) is 4.99 Å². The van der Waals surface area contributed by atoms with Crippen LogP contribution in [0.5, 0.6) is 5.75 Å². The summed E-state index contributed by atoms with van der Waals surface area (Å²) in [5.41, 5.74) is 6.91. The van der Waals surface area contributed by atoms with Gasteiger partial charge in [-0.25, -0.2) is 0 Å². The molecular weight excluding hydrogens is 372 g/mol. The van der Waals surface area contributed by atoms with Crippen LogP contribution in [-0.2, 0) is 17.9 Å². The molecule has 0 atom stereocenters. The number of rotatable bonds is 4. The zero-order chi connectivity index (χ0) is 21.1. The number of benzene rings is 3. The average molecular weight is 396 g/mol. The predicted molar refractivity (Wildman–Crippen MR) is 121 cm³/mol. The first-order valence-corrected chi connectivity index (χ1v) is 10.0. The van der Waals surface area contributed by atoms with Gasteiger partial charge in [0.2, 0.25) is 0 Å². The maximum Gasteiger partial charge on any atom is 0.253 e. The number of phenolic OH excluding ortho intramolecular Hbond substituents is 1. The number of carbonyl (C=O) groups excluding carboxylic acids is 1. The molecule has 3 aromatic carbocycles. The molecule has 4 rings (SSSR count). The van der Waals surface area contributed by atoms with Crippen LogP contribution in [-0.4, -0.2) is 16.7 Å². The highest BCUT2D eigenvalue weighted by molar-refractivity contribution is 6.31. The number of nitrogens with zero attached hydrogens (tertiary/aromatic N) is 1. The van der Waals surface area contributed by atoms with Crippen molar-refractivity contribution in [2.24, 2.45) is 4.99 Å². The fourth-order valence-electron chi connectivity index (χ4n) is 3.70. The summed E-state index contributed by atoms with van der Waals surface area (Å²) in [7, 11) is 0. The van der Waals surface area contributed by atoms with Crippen molar-refractivity contribution in [1.82, 2.24) is 5.32 Å². The Labute approximate surface area is 176 Å². The molecule has 30 heavy (non-hydrogen) atoms. The number of hydrogen-bond acceptors (Lipinski definition) is 3.